The van der Waals surface area contributed by atoms with E-state index in [0.717, 1.165) is 12.1 Å². The zero-order valence-electron chi connectivity index (χ0n) is 14.8. The Bertz CT molecular complexity index is 1070. The van der Waals surface area contributed by atoms with Gasteiger partial charge < -0.3 is 16.0 Å². The molecule has 2 aromatic rings. The highest BCUT2D eigenvalue weighted by Crippen LogP contribution is 2.33. The first-order valence-corrected chi connectivity index (χ1v) is 8.95. The standard InChI is InChI=1S/C18H13BrF2N4O4/c1-8-15(17(26)23-10-3-5-12(20)13(21)7-10)16(24-18(27)22-8)9-2-4-11(19)14(6-9)25(28)29/h2-7,16H,1H3,(H,23,26)(H2,22,24,27). The number of nitrogens with zero attached hydrogens (tertiary/aromatic N) is 1. The second kappa shape index (κ2) is 7.95. The minimum Gasteiger partial charge on any atom is -0.327 e. The zero-order chi connectivity index (χ0) is 21.3. The van der Waals surface area contributed by atoms with Crippen LogP contribution in [0.15, 0.2) is 52.1 Å². The van der Waals surface area contributed by atoms with Crippen LogP contribution in [-0.4, -0.2) is 16.9 Å². The quantitative estimate of drug-likeness (QED) is 0.468. The number of benzene rings is 2. The van der Waals surface area contributed by atoms with Crippen molar-refractivity contribution in [2.24, 2.45) is 0 Å². The second-order valence-corrected chi connectivity index (χ2v) is 6.98. The van der Waals surface area contributed by atoms with Gasteiger partial charge in [0.2, 0.25) is 0 Å². The van der Waals surface area contributed by atoms with Gasteiger partial charge in [-0.15, -0.1) is 0 Å². The van der Waals surface area contributed by atoms with Crippen molar-refractivity contribution in [3.63, 3.8) is 0 Å². The number of nitro groups is 1. The molecule has 3 N–H and O–H groups in total. The lowest BCUT2D eigenvalue weighted by Gasteiger charge is -2.28. The summed E-state index contributed by atoms with van der Waals surface area (Å²) in [4.78, 5) is 35.4. The molecule has 1 aliphatic rings. The van der Waals surface area contributed by atoms with E-state index in [1.165, 1.54) is 31.2 Å². The van der Waals surface area contributed by atoms with Gasteiger partial charge in [-0.05, 0) is 46.6 Å². The summed E-state index contributed by atoms with van der Waals surface area (Å²) in [5.74, 6) is -2.90. The Hall–Kier alpha value is -3.34. The van der Waals surface area contributed by atoms with Crippen molar-refractivity contribution in [1.82, 2.24) is 10.6 Å². The van der Waals surface area contributed by atoms with Crippen LogP contribution in [0.2, 0.25) is 0 Å². The van der Waals surface area contributed by atoms with Crippen molar-refractivity contribution in [1.29, 1.82) is 0 Å². The van der Waals surface area contributed by atoms with Gasteiger partial charge in [0.1, 0.15) is 0 Å². The van der Waals surface area contributed by atoms with E-state index in [2.05, 4.69) is 31.9 Å². The molecular weight excluding hydrogens is 454 g/mol. The first kappa shape index (κ1) is 20.4. The summed E-state index contributed by atoms with van der Waals surface area (Å²) in [7, 11) is 0. The fourth-order valence-corrected chi connectivity index (χ4v) is 3.26. The van der Waals surface area contributed by atoms with E-state index in [4.69, 9.17) is 0 Å². The van der Waals surface area contributed by atoms with Crippen LogP contribution < -0.4 is 16.0 Å². The van der Waals surface area contributed by atoms with Crippen molar-refractivity contribution in [3.8, 4) is 0 Å². The fraction of sp³-hybridized carbons (Fsp3) is 0.111. The molecule has 2 aromatic carbocycles. The summed E-state index contributed by atoms with van der Waals surface area (Å²) < 4.78 is 26.8. The molecule has 0 fully saturated rings. The molecule has 1 atom stereocenters. The molecule has 0 bridgehead atoms. The number of nitro benzene ring substituents is 1. The molecule has 1 unspecified atom stereocenters. The van der Waals surface area contributed by atoms with Crippen LogP contribution in [0.25, 0.3) is 0 Å². The molecular formula is C18H13BrF2N4O4. The number of allylic oxidation sites excluding steroid dienone is 1. The smallest absolute Gasteiger partial charge is 0.319 e. The highest BCUT2D eigenvalue weighted by atomic mass is 79.9. The molecule has 1 heterocycles. The normalized spacial score (nSPS) is 16.1. The zero-order valence-corrected chi connectivity index (χ0v) is 16.3. The molecule has 3 rings (SSSR count). The number of amides is 3. The summed E-state index contributed by atoms with van der Waals surface area (Å²) in [6.07, 6.45) is 0. The fourth-order valence-electron chi connectivity index (χ4n) is 2.87. The van der Waals surface area contributed by atoms with Gasteiger partial charge in [-0.2, -0.15) is 0 Å². The van der Waals surface area contributed by atoms with Crippen molar-refractivity contribution in [2.75, 3.05) is 5.32 Å². The lowest BCUT2D eigenvalue weighted by atomic mass is 9.94. The molecule has 1 aliphatic heterocycles. The molecule has 0 saturated carbocycles. The van der Waals surface area contributed by atoms with Gasteiger partial charge in [0, 0.05) is 23.5 Å². The largest absolute Gasteiger partial charge is 0.327 e. The summed E-state index contributed by atoms with van der Waals surface area (Å²) in [6.45, 7) is 1.49. The van der Waals surface area contributed by atoms with Gasteiger partial charge in [-0.1, -0.05) is 6.07 Å². The van der Waals surface area contributed by atoms with E-state index in [-0.39, 0.29) is 27.1 Å². The predicted octanol–water partition coefficient (Wildman–Crippen LogP) is 3.90. The van der Waals surface area contributed by atoms with Crippen LogP contribution in [0.4, 0.5) is 25.0 Å². The SMILES string of the molecule is CC1=C(C(=O)Nc2ccc(F)c(F)c2)C(c2ccc(Br)c([N+](=O)[O-])c2)NC(=O)N1. The average molecular weight is 467 g/mol. The van der Waals surface area contributed by atoms with E-state index in [1.54, 1.807) is 0 Å². The number of anilines is 1. The molecule has 150 valence electrons. The summed E-state index contributed by atoms with van der Waals surface area (Å²) in [6, 6.07) is 5.45. The highest BCUT2D eigenvalue weighted by molar-refractivity contribution is 9.10. The van der Waals surface area contributed by atoms with Gasteiger partial charge in [0.15, 0.2) is 11.6 Å². The average Bonchev–Trinajstić information content (AvgIpc) is 2.64. The molecule has 3 amide bonds. The number of hydrogen-bond donors (Lipinski definition) is 3. The third-order valence-electron chi connectivity index (χ3n) is 4.19. The van der Waals surface area contributed by atoms with Crippen molar-refractivity contribution >= 4 is 39.2 Å². The number of hydrogen-bond acceptors (Lipinski definition) is 4. The summed E-state index contributed by atoms with van der Waals surface area (Å²) >= 11 is 3.08. The van der Waals surface area contributed by atoms with Crippen molar-refractivity contribution in [2.45, 2.75) is 13.0 Å². The molecule has 0 aliphatic carbocycles. The number of nitrogens with one attached hydrogen (secondary N) is 3. The third kappa shape index (κ3) is 4.24. The first-order valence-electron chi connectivity index (χ1n) is 8.16. The van der Waals surface area contributed by atoms with Crippen LogP contribution in [0.1, 0.15) is 18.5 Å². The molecule has 0 radical (unpaired) electrons. The molecule has 0 spiro atoms. The van der Waals surface area contributed by atoms with Crippen LogP contribution in [0, 0.1) is 21.7 Å². The molecule has 8 nitrogen and oxygen atoms in total. The number of rotatable bonds is 4. The topological polar surface area (TPSA) is 113 Å². The lowest BCUT2D eigenvalue weighted by Crippen LogP contribution is -2.46. The minimum atomic E-state index is -1.14. The van der Waals surface area contributed by atoms with E-state index < -0.39 is 34.5 Å². The summed E-state index contributed by atoms with van der Waals surface area (Å²) in [5, 5.41) is 18.7. The number of urea groups is 1. The summed E-state index contributed by atoms with van der Waals surface area (Å²) in [5.41, 5.74) is 0.333. The van der Waals surface area contributed by atoms with E-state index in [9.17, 15) is 28.5 Å². The van der Waals surface area contributed by atoms with Crippen LogP contribution in [-0.2, 0) is 4.79 Å². The van der Waals surface area contributed by atoms with Gasteiger partial charge in [-0.3, -0.25) is 14.9 Å². The second-order valence-electron chi connectivity index (χ2n) is 6.12. The monoisotopic (exact) mass is 466 g/mol. The highest BCUT2D eigenvalue weighted by Gasteiger charge is 2.32. The first-order chi connectivity index (χ1) is 13.7. The number of carbonyl (C=O) groups is 2. The van der Waals surface area contributed by atoms with Gasteiger partial charge in [0.05, 0.1) is 21.0 Å². The van der Waals surface area contributed by atoms with Crippen LogP contribution in [0.3, 0.4) is 0 Å². The Balaban J connectivity index is 2.00. The maximum atomic E-state index is 13.4. The Kier molecular flexibility index (Phi) is 5.59. The Morgan fingerprint density at radius 1 is 1.21 bits per heavy atom. The Morgan fingerprint density at radius 3 is 2.59 bits per heavy atom. The van der Waals surface area contributed by atoms with Gasteiger partial charge in [0.25, 0.3) is 11.6 Å². The molecule has 11 heteroatoms. The third-order valence-corrected chi connectivity index (χ3v) is 4.86. The Morgan fingerprint density at radius 2 is 1.93 bits per heavy atom. The van der Waals surface area contributed by atoms with Crippen LogP contribution >= 0.6 is 15.9 Å². The molecule has 0 saturated heterocycles. The van der Waals surface area contributed by atoms with E-state index in [1.807, 2.05) is 0 Å². The van der Waals surface area contributed by atoms with E-state index in [0.29, 0.717) is 5.56 Å². The van der Waals surface area contributed by atoms with Crippen molar-refractivity contribution < 1.29 is 23.3 Å². The lowest BCUT2D eigenvalue weighted by molar-refractivity contribution is -0.385. The minimum absolute atomic E-state index is 0.00615. The Labute approximate surface area is 171 Å². The maximum Gasteiger partial charge on any atom is 0.319 e. The van der Waals surface area contributed by atoms with Crippen molar-refractivity contribution in [3.05, 3.63) is 79.5 Å². The van der Waals surface area contributed by atoms with Crippen LogP contribution in [0.5, 0.6) is 0 Å². The van der Waals surface area contributed by atoms with Gasteiger partial charge in [-0.25, -0.2) is 13.6 Å². The predicted molar refractivity (Wildman–Crippen MR) is 103 cm³/mol. The van der Waals surface area contributed by atoms with E-state index >= 15 is 0 Å². The maximum absolute atomic E-state index is 13.4. The number of halogens is 3. The molecule has 29 heavy (non-hydrogen) atoms. The van der Waals surface area contributed by atoms with Gasteiger partial charge >= 0.3 is 6.03 Å². The number of carbonyl (C=O) groups excluding carboxylic acids is 2. The molecule has 0 aromatic heterocycles.